The van der Waals surface area contributed by atoms with E-state index in [0.717, 1.165) is 0 Å². The summed E-state index contributed by atoms with van der Waals surface area (Å²) in [7, 11) is 0. The number of carboxylic acids is 2. The molecule has 0 aliphatic carbocycles. The Bertz CT molecular complexity index is 591. The van der Waals surface area contributed by atoms with Crippen molar-refractivity contribution in [1.82, 2.24) is 0 Å². The van der Waals surface area contributed by atoms with E-state index >= 15 is 0 Å². The van der Waals surface area contributed by atoms with E-state index in [0.29, 0.717) is 0 Å². The van der Waals surface area contributed by atoms with Crippen LogP contribution in [0.5, 0.6) is 0 Å². The van der Waals surface area contributed by atoms with Crippen molar-refractivity contribution in [2.45, 2.75) is 0 Å². The average Bonchev–Trinajstić information content (AvgIpc) is 2.39. The standard InChI is InChI=1S/C14H11NO4.2Na/c16-13(17)9-5-1-3-7-11(9)15-12-8-4-2-6-10(12)14(18)19;;/h1-8,15H,(H,16,17)(H,18,19);;/q;2*+1/p-2. The van der Waals surface area contributed by atoms with Crippen molar-refractivity contribution in [3.63, 3.8) is 0 Å². The second-order valence-electron chi connectivity index (χ2n) is 3.79. The number of rotatable bonds is 4. The van der Waals surface area contributed by atoms with Gasteiger partial charge in [-0.05, 0) is 12.1 Å². The average molecular weight is 301 g/mol. The molecule has 0 heterocycles. The first-order chi connectivity index (χ1) is 9.09. The Morgan fingerprint density at radius 3 is 1.38 bits per heavy atom. The van der Waals surface area contributed by atoms with Gasteiger partial charge in [0, 0.05) is 22.5 Å². The topological polar surface area (TPSA) is 92.3 Å². The van der Waals surface area contributed by atoms with Gasteiger partial charge in [-0.3, -0.25) is 0 Å². The molecule has 0 bridgehead atoms. The molecule has 0 saturated carbocycles. The van der Waals surface area contributed by atoms with E-state index < -0.39 is 11.9 Å². The predicted octanol–water partition coefficient (Wildman–Crippen LogP) is -5.83. The van der Waals surface area contributed by atoms with E-state index in [9.17, 15) is 19.8 Å². The summed E-state index contributed by atoms with van der Waals surface area (Å²) in [4.78, 5) is 21.9. The predicted molar refractivity (Wildman–Crippen MR) is 64.8 cm³/mol. The van der Waals surface area contributed by atoms with Crippen LogP contribution in [0.4, 0.5) is 11.4 Å². The van der Waals surface area contributed by atoms with Crippen LogP contribution in [0, 0.1) is 0 Å². The smallest absolute Gasteiger partial charge is 0.545 e. The molecule has 5 nitrogen and oxygen atoms in total. The van der Waals surface area contributed by atoms with Gasteiger partial charge in [0.2, 0.25) is 0 Å². The maximum atomic E-state index is 11.0. The summed E-state index contributed by atoms with van der Waals surface area (Å²) in [6.07, 6.45) is 0. The largest absolute Gasteiger partial charge is 1.00 e. The fraction of sp³-hybridized carbons (Fsp3) is 0. The molecule has 2 rings (SSSR count). The first-order valence-electron chi connectivity index (χ1n) is 5.47. The molecule has 0 saturated heterocycles. The van der Waals surface area contributed by atoms with Crippen molar-refractivity contribution < 1.29 is 78.9 Å². The van der Waals surface area contributed by atoms with Crippen molar-refractivity contribution in [2.24, 2.45) is 0 Å². The molecule has 0 aliphatic rings. The normalized spacial score (nSPS) is 8.95. The summed E-state index contributed by atoms with van der Waals surface area (Å²) in [6.45, 7) is 0. The van der Waals surface area contributed by atoms with Crippen LogP contribution in [0.3, 0.4) is 0 Å². The number of hydrogen-bond donors (Lipinski definition) is 1. The van der Waals surface area contributed by atoms with Crippen LogP contribution in [0.25, 0.3) is 0 Å². The molecule has 96 valence electrons. The molecule has 0 aliphatic heterocycles. The Balaban J connectivity index is 0.00000200. The van der Waals surface area contributed by atoms with Gasteiger partial charge >= 0.3 is 59.1 Å². The summed E-state index contributed by atoms with van der Waals surface area (Å²) < 4.78 is 0. The number of para-hydroxylation sites is 2. The molecule has 0 aromatic heterocycles. The van der Waals surface area contributed by atoms with Gasteiger partial charge in [0.15, 0.2) is 0 Å². The van der Waals surface area contributed by atoms with Crippen molar-refractivity contribution >= 4 is 23.3 Å². The molecule has 7 heteroatoms. The minimum atomic E-state index is -1.34. The van der Waals surface area contributed by atoms with Crippen LogP contribution in [0.1, 0.15) is 20.7 Å². The third-order valence-electron chi connectivity index (χ3n) is 2.56. The number of anilines is 2. The maximum absolute atomic E-state index is 11.0. The van der Waals surface area contributed by atoms with Crippen molar-refractivity contribution in [1.29, 1.82) is 0 Å². The van der Waals surface area contributed by atoms with Crippen LogP contribution < -0.4 is 74.6 Å². The second-order valence-corrected chi connectivity index (χ2v) is 3.79. The van der Waals surface area contributed by atoms with E-state index in [1.165, 1.54) is 24.3 Å². The maximum Gasteiger partial charge on any atom is 1.00 e. The summed E-state index contributed by atoms with van der Waals surface area (Å²) in [5, 5.41) is 24.7. The first-order valence-corrected chi connectivity index (χ1v) is 5.47. The Morgan fingerprint density at radius 1 is 0.714 bits per heavy atom. The number of carbonyl (C=O) groups is 2. The zero-order chi connectivity index (χ0) is 13.8. The zero-order valence-corrected chi connectivity index (χ0v) is 15.8. The number of aromatic carboxylic acids is 2. The fourth-order valence-corrected chi connectivity index (χ4v) is 1.69. The minimum Gasteiger partial charge on any atom is -0.545 e. The van der Waals surface area contributed by atoms with Crippen molar-refractivity contribution in [2.75, 3.05) is 5.32 Å². The van der Waals surface area contributed by atoms with Crippen LogP contribution >= 0.6 is 0 Å². The van der Waals surface area contributed by atoms with Gasteiger partial charge in [0.05, 0.1) is 11.9 Å². The number of nitrogens with one attached hydrogen (secondary N) is 1. The molecular formula is C14H9NNa2O4. The molecule has 0 fully saturated rings. The molecule has 0 spiro atoms. The number of carboxylic acid groups (broad SMARTS) is 2. The Kier molecular flexibility index (Phi) is 8.89. The molecule has 21 heavy (non-hydrogen) atoms. The third kappa shape index (κ3) is 5.14. The quantitative estimate of drug-likeness (QED) is 0.568. The van der Waals surface area contributed by atoms with Gasteiger partial charge in [-0.25, -0.2) is 0 Å². The monoisotopic (exact) mass is 301 g/mol. The van der Waals surface area contributed by atoms with E-state index in [2.05, 4.69) is 5.32 Å². The molecule has 2 aromatic rings. The molecule has 1 N–H and O–H groups in total. The molecule has 0 unspecified atom stereocenters. The summed E-state index contributed by atoms with van der Waals surface area (Å²) in [5.41, 5.74) is 0.429. The van der Waals surface area contributed by atoms with Gasteiger partial charge in [0.1, 0.15) is 0 Å². The zero-order valence-electron chi connectivity index (χ0n) is 11.8. The third-order valence-corrected chi connectivity index (χ3v) is 2.56. The van der Waals surface area contributed by atoms with Gasteiger partial charge in [-0.2, -0.15) is 0 Å². The summed E-state index contributed by atoms with van der Waals surface area (Å²) >= 11 is 0. The van der Waals surface area contributed by atoms with Crippen LogP contribution in [-0.2, 0) is 0 Å². The Morgan fingerprint density at radius 2 is 1.05 bits per heavy atom. The molecule has 2 aromatic carbocycles. The van der Waals surface area contributed by atoms with Gasteiger partial charge < -0.3 is 25.1 Å². The number of hydrogen-bond acceptors (Lipinski definition) is 5. The van der Waals surface area contributed by atoms with E-state index in [1.807, 2.05) is 0 Å². The van der Waals surface area contributed by atoms with E-state index in [1.54, 1.807) is 24.3 Å². The Hall–Kier alpha value is -0.820. The molecule has 0 atom stereocenters. The van der Waals surface area contributed by atoms with Crippen molar-refractivity contribution in [3.8, 4) is 0 Å². The van der Waals surface area contributed by atoms with Crippen molar-refractivity contribution in [3.05, 3.63) is 59.7 Å². The van der Waals surface area contributed by atoms with Gasteiger partial charge in [0.25, 0.3) is 0 Å². The number of carbonyl (C=O) groups excluding carboxylic acids is 2. The van der Waals surface area contributed by atoms with Crippen LogP contribution in [-0.4, -0.2) is 11.9 Å². The minimum absolute atomic E-state index is 0. The van der Waals surface area contributed by atoms with E-state index in [-0.39, 0.29) is 81.6 Å². The van der Waals surface area contributed by atoms with Gasteiger partial charge in [-0.15, -0.1) is 0 Å². The molecular weight excluding hydrogens is 292 g/mol. The summed E-state index contributed by atoms with van der Waals surface area (Å²) in [6, 6.07) is 12.2. The number of benzene rings is 2. The second kappa shape index (κ2) is 9.25. The van der Waals surface area contributed by atoms with Crippen LogP contribution in [0.15, 0.2) is 48.5 Å². The first kappa shape index (κ1) is 20.2. The molecule has 0 radical (unpaired) electrons. The SMILES string of the molecule is O=C([O-])c1ccccc1Nc1ccccc1C(=O)[O-].[Na+].[Na+]. The fourth-order valence-electron chi connectivity index (χ4n) is 1.69. The van der Waals surface area contributed by atoms with Crippen LogP contribution in [0.2, 0.25) is 0 Å². The van der Waals surface area contributed by atoms with E-state index in [4.69, 9.17) is 0 Å². The Labute approximate surface area is 166 Å². The summed E-state index contributed by atoms with van der Waals surface area (Å²) in [5.74, 6) is -2.68. The van der Waals surface area contributed by atoms with Gasteiger partial charge in [-0.1, -0.05) is 36.4 Å². The molecule has 0 amide bonds.